The number of carbonyl (C=O) groups excluding carboxylic acids is 1. The van der Waals surface area contributed by atoms with Crippen LogP contribution in [0.3, 0.4) is 0 Å². The molecular formula is C34H37F3N2O4. The maximum Gasteiger partial charge on any atom is 0.391 e. The second-order valence-corrected chi connectivity index (χ2v) is 11.4. The molecule has 0 spiro atoms. The van der Waals surface area contributed by atoms with Crippen molar-refractivity contribution in [2.75, 3.05) is 13.2 Å². The first-order valence-corrected chi connectivity index (χ1v) is 14.8. The molecule has 0 radical (unpaired) electrons. The minimum atomic E-state index is -4.16. The first-order valence-electron chi connectivity index (χ1n) is 14.8. The van der Waals surface area contributed by atoms with Crippen LogP contribution in [0.5, 0.6) is 17.2 Å². The molecule has 1 heterocycles. The third-order valence-electron chi connectivity index (χ3n) is 8.40. The van der Waals surface area contributed by atoms with Crippen LogP contribution in [-0.4, -0.2) is 40.0 Å². The minimum Gasteiger partial charge on any atom is -0.508 e. The van der Waals surface area contributed by atoms with E-state index in [9.17, 15) is 28.2 Å². The monoisotopic (exact) mass is 594 g/mol. The van der Waals surface area contributed by atoms with Gasteiger partial charge in [0.1, 0.15) is 17.2 Å². The second kappa shape index (κ2) is 13.0. The Morgan fingerprint density at radius 1 is 0.930 bits per heavy atom. The molecule has 1 fully saturated rings. The Balaban J connectivity index is 1.12. The van der Waals surface area contributed by atoms with Crippen LogP contribution in [-0.2, 0) is 11.3 Å². The highest BCUT2D eigenvalue weighted by molar-refractivity contribution is 5.92. The zero-order valence-corrected chi connectivity index (χ0v) is 24.2. The van der Waals surface area contributed by atoms with Crippen LogP contribution in [0.2, 0.25) is 0 Å². The van der Waals surface area contributed by atoms with Crippen LogP contribution in [0.25, 0.3) is 22.2 Å². The number of nitrogens with zero attached hydrogens (tertiary/aromatic N) is 1. The highest BCUT2D eigenvalue weighted by Gasteiger charge is 2.42. The number of carbonyl (C=O) groups is 1. The number of phenols is 2. The van der Waals surface area contributed by atoms with E-state index < -0.39 is 12.1 Å². The lowest BCUT2D eigenvalue weighted by Gasteiger charge is -2.29. The average molecular weight is 595 g/mol. The third kappa shape index (κ3) is 7.27. The molecule has 0 aliphatic heterocycles. The molecule has 3 aromatic carbocycles. The van der Waals surface area contributed by atoms with Gasteiger partial charge in [0, 0.05) is 29.9 Å². The van der Waals surface area contributed by atoms with Crippen molar-refractivity contribution in [2.45, 2.75) is 58.2 Å². The number of benzene rings is 3. The number of halogens is 3. The van der Waals surface area contributed by atoms with Gasteiger partial charge in [-0.3, -0.25) is 4.79 Å². The SMILES string of the molecule is Cc1c(-c2ccc(O)cc2)n(Cc2ccc(OCCCCNC(=O)C3CCC(C(F)(F)F)CC3)cc2)c2ccc(O)cc12. The van der Waals surface area contributed by atoms with Gasteiger partial charge in [-0.25, -0.2) is 0 Å². The highest BCUT2D eigenvalue weighted by Crippen LogP contribution is 2.40. The lowest BCUT2D eigenvalue weighted by molar-refractivity contribution is -0.184. The van der Waals surface area contributed by atoms with Gasteiger partial charge in [0.05, 0.1) is 18.2 Å². The minimum absolute atomic E-state index is 0.0278. The van der Waals surface area contributed by atoms with Gasteiger partial charge < -0.3 is 24.8 Å². The summed E-state index contributed by atoms with van der Waals surface area (Å²) in [4.78, 5) is 12.3. The van der Waals surface area contributed by atoms with Crippen molar-refractivity contribution in [3.63, 3.8) is 0 Å². The Bertz CT molecular complexity index is 1540. The number of rotatable bonds is 10. The molecule has 1 saturated carbocycles. The van der Waals surface area contributed by atoms with E-state index in [4.69, 9.17) is 4.74 Å². The summed E-state index contributed by atoms with van der Waals surface area (Å²) in [6.07, 6.45) is -2.08. The highest BCUT2D eigenvalue weighted by atomic mass is 19.4. The number of aromatic nitrogens is 1. The molecule has 228 valence electrons. The maximum atomic E-state index is 12.8. The van der Waals surface area contributed by atoms with Crippen LogP contribution in [0.1, 0.15) is 49.7 Å². The summed E-state index contributed by atoms with van der Waals surface area (Å²) in [6.45, 7) is 3.60. The van der Waals surface area contributed by atoms with Crippen molar-refractivity contribution in [3.8, 4) is 28.5 Å². The van der Waals surface area contributed by atoms with E-state index in [0.29, 0.717) is 19.7 Å². The predicted molar refractivity (Wildman–Crippen MR) is 160 cm³/mol. The molecule has 0 saturated heterocycles. The van der Waals surface area contributed by atoms with Gasteiger partial charge in [0.2, 0.25) is 5.91 Å². The fourth-order valence-corrected chi connectivity index (χ4v) is 6.00. The van der Waals surface area contributed by atoms with Crippen LogP contribution in [0.15, 0.2) is 66.7 Å². The van der Waals surface area contributed by atoms with Gasteiger partial charge >= 0.3 is 6.18 Å². The summed E-state index contributed by atoms with van der Waals surface area (Å²) >= 11 is 0. The first kappa shape index (κ1) is 30.3. The summed E-state index contributed by atoms with van der Waals surface area (Å²) < 4.78 is 46.6. The normalized spacial score (nSPS) is 17.2. The third-order valence-corrected chi connectivity index (χ3v) is 8.40. The summed E-state index contributed by atoms with van der Waals surface area (Å²) in [5.74, 6) is -0.599. The molecule has 43 heavy (non-hydrogen) atoms. The van der Waals surface area contributed by atoms with Crippen molar-refractivity contribution >= 4 is 16.8 Å². The Morgan fingerprint density at radius 3 is 2.28 bits per heavy atom. The van der Waals surface area contributed by atoms with E-state index >= 15 is 0 Å². The van der Waals surface area contributed by atoms with E-state index in [2.05, 4.69) is 9.88 Å². The quantitative estimate of drug-likeness (QED) is 0.164. The number of fused-ring (bicyclic) bond motifs is 1. The maximum absolute atomic E-state index is 12.8. The van der Waals surface area contributed by atoms with Gasteiger partial charge in [-0.1, -0.05) is 12.1 Å². The fourth-order valence-electron chi connectivity index (χ4n) is 6.00. The molecule has 6 nitrogen and oxygen atoms in total. The number of hydrogen-bond acceptors (Lipinski definition) is 4. The Labute approximate surface area is 249 Å². The second-order valence-electron chi connectivity index (χ2n) is 11.4. The smallest absolute Gasteiger partial charge is 0.391 e. The summed E-state index contributed by atoms with van der Waals surface area (Å²) in [5.41, 5.74) is 5.10. The van der Waals surface area contributed by atoms with Gasteiger partial charge in [0.15, 0.2) is 0 Å². The summed E-state index contributed by atoms with van der Waals surface area (Å²) in [7, 11) is 0. The zero-order valence-electron chi connectivity index (χ0n) is 24.2. The Morgan fingerprint density at radius 2 is 1.60 bits per heavy atom. The standard InChI is InChI=1S/C34H37F3N2O4/c1-22-30-20-28(41)14-17-31(30)39(32(22)24-8-12-27(40)13-9-24)21-23-4-15-29(16-5-23)43-19-3-2-18-38-33(42)25-6-10-26(11-7-25)34(35,36)37/h4-5,8-9,12-17,20,25-26,40-41H,2-3,6-7,10-11,18-19,21H2,1H3,(H,38,42). The number of unbranched alkanes of at least 4 members (excludes halogenated alkanes) is 1. The first-order chi connectivity index (χ1) is 20.6. The largest absolute Gasteiger partial charge is 0.508 e. The van der Waals surface area contributed by atoms with Crippen molar-refractivity contribution in [3.05, 3.63) is 77.9 Å². The summed E-state index contributed by atoms with van der Waals surface area (Å²) in [6, 6.07) is 20.4. The van der Waals surface area contributed by atoms with Crippen molar-refractivity contribution in [2.24, 2.45) is 11.8 Å². The zero-order chi connectivity index (χ0) is 30.6. The van der Waals surface area contributed by atoms with Crippen molar-refractivity contribution < 1.29 is 32.9 Å². The van der Waals surface area contributed by atoms with E-state index in [0.717, 1.165) is 51.9 Å². The van der Waals surface area contributed by atoms with Crippen LogP contribution < -0.4 is 10.1 Å². The van der Waals surface area contributed by atoms with Gasteiger partial charge in [-0.05, 0) is 117 Å². The van der Waals surface area contributed by atoms with E-state index in [1.54, 1.807) is 24.3 Å². The molecule has 0 unspecified atom stereocenters. The molecule has 0 bridgehead atoms. The number of nitrogens with one attached hydrogen (secondary N) is 1. The molecule has 1 amide bonds. The number of amides is 1. The van der Waals surface area contributed by atoms with E-state index in [1.165, 1.54) is 0 Å². The average Bonchev–Trinajstić information content (AvgIpc) is 3.25. The van der Waals surface area contributed by atoms with Crippen molar-refractivity contribution in [1.82, 2.24) is 9.88 Å². The lowest BCUT2D eigenvalue weighted by atomic mass is 9.81. The number of alkyl halides is 3. The number of hydrogen-bond donors (Lipinski definition) is 3. The van der Waals surface area contributed by atoms with Crippen LogP contribution >= 0.6 is 0 Å². The molecule has 0 atom stereocenters. The molecule has 1 aliphatic rings. The molecule has 3 N–H and O–H groups in total. The van der Waals surface area contributed by atoms with Gasteiger partial charge in [-0.15, -0.1) is 0 Å². The fraction of sp³-hybridized carbons (Fsp3) is 0.382. The molecule has 9 heteroatoms. The molecule has 1 aromatic heterocycles. The molecule has 5 rings (SSSR count). The molecule has 1 aliphatic carbocycles. The van der Waals surface area contributed by atoms with Crippen LogP contribution in [0.4, 0.5) is 13.2 Å². The topological polar surface area (TPSA) is 83.7 Å². The predicted octanol–water partition coefficient (Wildman–Crippen LogP) is 7.72. The Kier molecular flexibility index (Phi) is 9.18. The van der Waals surface area contributed by atoms with Gasteiger partial charge in [-0.2, -0.15) is 13.2 Å². The van der Waals surface area contributed by atoms with Crippen LogP contribution in [0, 0.1) is 18.8 Å². The lowest BCUT2D eigenvalue weighted by Crippen LogP contribution is -2.36. The number of phenolic OH excluding ortho intramolecular Hbond substituents is 2. The molecular weight excluding hydrogens is 557 g/mol. The van der Waals surface area contributed by atoms with E-state index in [-0.39, 0.29) is 49.0 Å². The van der Waals surface area contributed by atoms with Gasteiger partial charge in [0.25, 0.3) is 0 Å². The number of aryl methyl sites for hydroxylation is 1. The number of ether oxygens (including phenoxy) is 1. The van der Waals surface area contributed by atoms with Crippen molar-refractivity contribution in [1.29, 1.82) is 0 Å². The molecule has 4 aromatic rings. The number of aromatic hydroxyl groups is 2. The Hall–Kier alpha value is -4.14. The summed E-state index contributed by atoms with van der Waals surface area (Å²) in [5, 5.41) is 23.7. The van der Waals surface area contributed by atoms with E-state index in [1.807, 2.05) is 49.4 Å².